The first-order valence-electron chi connectivity index (χ1n) is 5.69. The van der Waals surface area contributed by atoms with Gasteiger partial charge in [-0.25, -0.2) is 0 Å². The predicted octanol–water partition coefficient (Wildman–Crippen LogP) is 3.26. The van der Waals surface area contributed by atoms with Crippen molar-refractivity contribution < 1.29 is 9.90 Å². The Morgan fingerprint density at radius 3 is 3.06 bits per heavy atom. The van der Waals surface area contributed by atoms with Crippen LogP contribution in [0.15, 0.2) is 24.3 Å². The summed E-state index contributed by atoms with van der Waals surface area (Å²) >= 11 is 6.19. The quantitative estimate of drug-likeness (QED) is 0.843. The number of aliphatic carboxylic acids is 1. The molecule has 0 aliphatic carbocycles. The molecule has 1 aliphatic rings. The van der Waals surface area contributed by atoms with Crippen LogP contribution in [0.3, 0.4) is 0 Å². The van der Waals surface area contributed by atoms with Crippen molar-refractivity contribution >= 4 is 28.5 Å². The molecule has 1 aliphatic heterocycles. The van der Waals surface area contributed by atoms with Crippen molar-refractivity contribution in [1.29, 1.82) is 0 Å². The molecule has 1 unspecified atom stereocenters. The standard InChI is InChI=1S/C13H12ClNO2/c14-10-5-1-3-8-7-11-9(13(16)17)4-2-6-15(11)12(8)10/h1,3,5,7,9H,2,4,6H2,(H,16,17). The Balaban J connectivity index is 2.29. The Labute approximate surface area is 104 Å². The van der Waals surface area contributed by atoms with E-state index in [1.807, 2.05) is 24.3 Å². The number of halogens is 1. The minimum atomic E-state index is -0.745. The van der Waals surface area contributed by atoms with Crippen molar-refractivity contribution in [2.24, 2.45) is 0 Å². The average molecular weight is 250 g/mol. The van der Waals surface area contributed by atoms with E-state index in [0.717, 1.165) is 29.6 Å². The van der Waals surface area contributed by atoms with E-state index < -0.39 is 11.9 Å². The van der Waals surface area contributed by atoms with Crippen molar-refractivity contribution in [3.05, 3.63) is 35.0 Å². The Morgan fingerprint density at radius 1 is 1.47 bits per heavy atom. The zero-order chi connectivity index (χ0) is 12.0. The monoisotopic (exact) mass is 249 g/mol. The molecule has 17 heavy (non-hydrogen) atoms. The topological polar surface area (TPSA) is 42.2 Å². The number of para-hydroxylation sites is 1. The smallest absolute Gasteiger partial charge is 0.312 e. The molecule has 3 nitrogen and oxygen atoms in total. The van der Waals surface area contributed by atoms with Crippen LogP contribution in [0.1, 0.15) is 24.5 Å². The maximum atomic E-state index is 11.2. The lowest BCUT2D eigenvalue weighted by molar-refractivity contribution is -0.139. The lowest BCUT2D eigenvalue weighted by Crippen LogP contribution is -2.21. The first-order chi connectivity index (χ1) is 8.18. The molecule has 2 aromatic rings. The van der Waals surface area contributed by atoms with Gasteiger partial charge in [0.2, 0.25) is 0 Å². The second-order valence-electron chi connectivity index (χ2n) is 4.43. The van der Waals surface area contributed by atoms with Crippen LogP contribution in [0.2, 0.25) is 5.02 Å². The molecule has 88 valence electrons. The van der Waals surface area contributed by atoms with Crippen LogP contribution in [-0.4, -0.2) is 15.6 Å². The van der Waals surface area contributed by atoms with Crippen LogP contribution in [0, 0.1) is 0 Å². The van der Waals surface area contributed by atoms with Crippen LogP contribution in [-0.2, 0) is 11.3 Å². The van der Waals surface area contributed by atoms with Gasteiger partial charge < -0.3 is 9.67 Å². The molecule has 1 aromatic carbocycles. The predicted molar refractivity (Wildman–Crippen MR) is 66.6 cm³/mol. The van der Waals surface area contributed by atoms with Crippen LogP contribution in [0.5, 0.6) is 0 Å². The lowest BCUT2D eigenvalue weighted by Gasteiger charge is -2.22. The highest BCUT2D eigenvalue weighted by atomic mass is 35.5. The highest BCUT2D eigenvalue weighted by molar-refractivity contribution is 6.35. The lowest BCUT2D eigenvalue weighted by atomic mass is 9.96. The number of rotatable bonds is 1. The average Bonchev–Trinajstić information content (AvgIpc) is 2.67. The molecule has 0 spiro atoms. The maximum absolute atomic E-state index is 11.2. The van der Waals surface area contributed by atoms with E-state index in [1.54, 1.807) is 0 Å². The van der Waals surface area contributed by atoms with Gasteiger partial charge in [-0.3, -0.25) is 4.79 Å². The SMILES string of the molecule is O=C(O)C1CCCn2c1cc1cccc(Cl)c12. The second kappa shape index (κ2) is 3.77. The number of fused-ring (bicyclic) bond motifs is 3. The van der Waals surface area contributed by atoms with Crippen molar-refractivity contribution in [2.45, 2.75) is 25.3 Å². The summed E-state index contributed by atoms with van der Waals surface area (Å²) in [5.74, 6) is -1.14. The Kier molecular flexibility index (Phi) is 2.37. The number of carboxylic acid groups (broad SMARTS) is 1. The molecule has 0 fully saturated rings. The normalized spacial score (nSPS) is 19.2. The van der Waals surface area contributed by atoms with E-state index in [1.165, 1.54) is 0 Å². The molecular formula is C13H12ClNO2. The first kappa shape index (κ1) is 10.7. The van der Waals surface area contributed by atoms with E-state index >= 15 is 0 Å². The largest absolute Gasteiger partial charge is 0.481 e. The third-order valence-electron chi connectivity index (χ3n) is 3.43. The third-order valence-corrected chi connectivity index (χ3v) is 3.74. The molecular weight excluding hydrogens is 238 g/mol. The van der Waals surface area contributed by atoms with Gasteiger partial charge >= 0.3 is 5.97 Å². The van der Waals surface area contributed by atoms with Crippen molar-refractivity contribution in [2.75, 3.05) is 0 Å². The van der Waals surface area contributed by atoms with Gasteiger partial charge in [0.1, 0.15) is 0 Å². The summed E-state index contributed by atoms with van der Waals surface area (Å²) in [6.45, 7) is 0.854. The van der Waals surface area contributed by atoms with Gasteiger partial charge in [0.15, 0.2) is 0 Å². The van der Waals surface area contributed by atoms with Crippen LogP contribution in [0.25, 0.3) is 10.9 Å². The maximum Gasteiger partial charge on any atom is 0.312 e. The molecule has 2 heterocycles. The zero-order valence-corrected chi connectivity index (χ0v) is 9.94. The number of nitrogens with zero attached hydrogens (tertiary/aromatic N) is 1. The van der Waals surface area contributed by atoms with Gasteiger partial charge in [0, 0.05) is 17.6 Å². The van der Waals surface area contributed by atoms with Crippen molar-refractivity contribution in [3.8, 4) is 0 Å². The van der Waals surface area contributed by atoms with Crippen LogP contribution >= 0.6 is 11.6 Å². The molecule has 3 rings (SSSR count). The van der Waals surface area contributed by atoms with E-state index in [4.69, 9.17) is 11.6 Å². The highest BCUT2D eigenvalue weighted by Gasteiger charge is 2.28. The first-order valence-corrected chi connectivity index (χ1v) is 6.07. The van der Waals surface area contributed by atoms with E-state index in [2.05, 4.69) is 4.57 Å². The van der Waals surface area contributed by atoms with Gasteiger partial charge in [0.05, 0.1) is 16.5 Å². The van der Waals surface area contributed by atoms with E-state index in [9.17, 15) is 9.90 Å². The summed E-state index contributed by atoms with van der Waals surface area (Å²) < 4.78 is 2.06. The molecule has 0 saturated carbocycles. The molecule has 1 atom stereocenters. The minimum absolute atomic E-state index is 0.396. The summed E-state index contributed by atoms with van der Waals surface area (Å²) in [5.41, 5.74) is 1.85. The minimum Gasteiger partial charge on any atom is -0.481 e. The molecule has 0 radical (unpaired) electrons. The molecule has 0 amide bonds. The fraction of sp³-hybridized carbons (Fsp3) is 0.308. The fourth-order valence-electron chi connectivity index (χ4n) is 2.68. The second-order valence-corrected chi connectivity index (χ2v) is 4.84. The summed E-state index contributed by atoms with van der Waals surface area (Å²) in [6.07, 6.45) is 1.60. The number of benzene rings is 1. The number of hydrogen-bond acceptors (Lipinski definition) is 1. The number of hydrogen-bond donors (Lipinski definition) is 1. The zero-order valence-electron chi connectivity index (χ0n) is 9.19. The summed E-state index contributed by atoms with van der Waals surface area (Å²) in [5, 5.41) is 11.0. The number of carbonyl (C=O) groups is 1. The van der Waals surface area contributed by atoms with Crippen LogP contribution in [0.4, 0.5) is 0 Å². The highest BCUT2D eigenvalue weighted by Crippen LogP contribution is 2.35. The molecule has 1 N–H and O–H groups in total. The van der Waals surface area contributed by atoms with Gasteiger partial charge in [-0.15, -0.1) is 0 Å². The summed E-state index contributed by atoms with van der Waals surface area (Å²) in [4.78, 5) is 11.2. The van der Waals surface area contributed by atoms with Gasteiger partial charge in [-0.05, 0) is 25.0 Å². The molecule has 1 aromatic heterocycles. The van der Waals surface area contributed by atoms with E-state index in [0.29, 0.717) is 11.4 Å². The molecule has 0 bridgehead atoms. The van der Waals surface area contributed by atoms with E-state index in [-0.39, 0.29) is 0 Å². The van der Waals surface area contributed by atoms with Gasteiger partial charge in [-0.1, -0.05) is 23.7 Å². The van der Waals surface area contributed by atoms with Gasteiger partial charge in [0.25, 0.3) is 0 Å². The Morgan fingerprint density at radius 2 is 2.29 bits per heavy atom. The van der Waals surface area contributed by atoms with Gasteiger partial charge in [-0.2, -0.15) is 0 Å². The number of aromatic nitrogens is 1. The van der Waals surface area contributed by atoms with Crippen molar-refractivity contribution in [1.82, 2.24) is 4.57 Å². The fourth-order valence-corrected chi connectivity index (χ4v) is 2.96. The van der Waals surface area contributed by atoms with Crippen LogP contribution < -0.4 is 0 Å². The number of aryl methyl sites for hydroxylation is 1. The van der Waals surface area contributed by atoms with Crippen molar-refractivity contribution in [3.63, 3.8) is 0 Å². The Bertz CT molecular complexity index is 603. The third kappa shape index (κ3) is 1.53. The summed E-state index contributed by atoms with van der Waals surface area (Å²) in [7, 11) is 0. The Hall–Kier alpha value is -1.48. The number of carboxylic acids is 1. The molecule has 4 heteroatoms. The molecule has 0 saturated heterocycles. The summed E-state index contributed by atoms with van der Waals surface area (Å²) in [6, 6.07) is 7.68.